The van der Waals surface area contributed by atoms with Gasteiger partial charge in [-0.05, 0) is 36.6 Å². The van der Waals surface area contributed by atoms with E-state index in [4.69, 9.17) is 11.6 Å². The second-order valence-electron chi connectivity index (χ2n) is 4.94. The zero-order valence-corrected chi connectivity index (χ0v) is 11.8. The Kier molecular flexibility index (Phi) is 3.70. The predicted molar refractivity (Wildman–Crippen MR) is 78.7 cm³/mol. The molecule has 0 saturated carbocycles. The molecule has 0 radical (unpaired) electrons. The summed E-state index contributed by atoms with van der Waals surface area (Å²) in [4.78, 5) is 18.6. The van der Waals surface area contributed by atoms with E-state index in [-0.39, 0.29) is 11.9 Å². The highest BCUT2D eigenvalue weighted by Gasteiger charge is 2.30. The van der Waals surface area contributed by atoms with Gasteiger partial charge < -0.3 is 4.90 Å². The van der Waals surface area contributed by atoms with E-state index in [1.807, 2.05) is 41.3 Å². The molecule has 1 aromatic carbocycles. The number of likely N-dealkylation sites (tertiary alicyclic amines) is 1. The van der Waals surface area contributed by atoms with Crippen molar-refractivity contribution in [2.75, 3.05) is 6.54 Å². The van der Waals surface area contributed by atoms with Crippen LogP contribution in [0.15, 0.2) is 48.7 Å². The van der Waals surface area contributed by atoms with Crippen LogP contribution in [0.2, 0.25) is 5.15 Å². The van der Waals surface area contributed by atoms with Crippen molar-refractivity contribution in [3.63, 3.8) is 0 Å². The number of benzene rings is 1. The molecule has 102 valence electrons. The van der Waals surface area contributed by atoms with Gasteiger partial charge in [0.25, 0.3) is 5.91 Å². The zero-order valence-electron chi connectivity index (χ0n) is 11.0. The molecule has 0 spiro atoms. The minimum Gasteiger partial charge on any atom is -0.332 e. The van der Waals surface area contributed by atoms with Crippen LogP contribution >= 0.6 is 11.6 Å². The van der Waals surface area contributed by atoms with Crippen LogP contribution in [0.25, 0.3) is 0 Å². The number of halogens is 1. The summed E-state index contributed by atoms with van der Waals surface area (Å²) in [5.74, 6) is 0.0862. The molecule has 0 bridgehead atoms. The zero-order chi connectivity index (χ0) is 13.9. The fraction of sp³-hybridized carbons (Fsp3) is 0.250. The van der Waals surface area contributed by atoms with Crippen LogP contribution in [-0.2, 0) is 0 Å². The highest BCUT2D eigenvalue weighted by molar-refractivity contribution is 6.29. The first-order valence-electron chi connectivity index (χ1n) is 6.73. The number of aromatic nitrogens is 1. The van der Waals surface area contributed by atoms with Gasteiger partial charge in [-0.25, -0.2) is 4.98 Å². The lowest BCUT2D eigenvalue weighted by molar-refractivity contribution is 0.0735. The molecule has 1 aliphatic rings. The Labute approximate surface area is 123 Å². The van der Waals surface area contributed by atoms with E-state index in [0.29, 0.717) is 5.15 Å². The van der Waals surface area contributed by atoms with Crippen molar-refractivity contribution in [2.24, 2.45) is 0 Å². The van der Waals surface area contributed by atoms with Crippen molar-refractivity contribution in [1.82, 2.24) is 9.88 Å². The first kappa shape index (κ1) is 13.1. The molecule has 2 aromatic rings. The van der Waals surface area contributed by atoms with Crippen LogP contribution in [0.5, 0.6) is 0 Å². The van der Waals surface area contributed by atoms with Gasteiger partial charge in [-0.2, -0.15) is 0 Å². The van der Waals surface area contributed by atoms with E-state index < -0.39 is 0 Å². The lowest BCUT2D eigenvalue weighted by atomic mass is 10.1. The Morgan fingerprint density at radius 3 is 2.70 bits per heavy atom. The SMILES string of the molecule is O=C(c1ccccc1)N1CCCC1c1ccc(Cl)nc1. The highest BCUT2D eigenvalue weighted by Crippen LogP contribution is 2.33. The maximum atomic E-state index is 12.6. The van der Waals surface area contributed by atoms with Gasteiger partial charge in [0.05, 0.1) is 6.04 Å². The summed E-state index contributed by atoms with van der Waals surface area (Å²) in [7, 11) is 0. The van der Waals surface area contributed by atoms with Crippen molar-refractivity contribution in [1.29, 1.82) is 0 Å². The number of hydrogen-bond acceptors (Lipinski definition) is 2. The normalized spacial score (nSPS) is 18.2. The van der Waals surface area contributed by atoms with Crippen LogP contribution in [0.4, 0.5) is 0 Å². The van der Waals surface area contributed by atoms with Gasteiger partial charge in [-0.3, -0.25) is 4.79 Å². The van der Waals surface area contributed by atoms with E-state index in [0.717, 1.165) is 30.5 Å². The molecular formula is C16H15ClN2O. The fourth-order valence-electron chi connectivity index (χ4n) is 2.69. The molecule has 1 amide bonds. The fourth-order valence-corrected chi connectivity index (χ4v) is 2.80. The maximum Gasteiger partial charge on any atom is 0.254 e. The van der Waals surface area contributed by atoms with Gasteiger partial charge in [-0.15, -0.1) is 0 Å². The number of nitrogens with zero attached hydrogens (tertiary/aromatic N) is 2. The topological polar surface area (TPSA) is 33.2 Å². The second-order valence-corrected chi connectivity index (χ2v) is 5.32. The van der Waals surface area contributed by atoms with Crippen molar-refractivity contribution in [2.45, 2.75) is 18.9 Å². The number of pyridine rings is 1. The number of hydrogen-bond donors (Lipinski definition) is 0. The minimum atomic E-state index is 0.0862. The van der Waals surface area contributed by atoms with E-state index in [1.54, 1.807) is 12.3 Å². The van der Waals surface area contributed by atoms with E-state index >= 15 is 0 Å². The van der Waals surface area contributed by atoms with E-state index in [9.17, 15) is 4.79 Å². The molecule has 1 fully saturated rings. The summed E-state index contributed by atoms with van der Waals surface area (Å²) in [6.45, 7) is 0.793. The van der Waals surface area contributed by atoms with Crippen LogP contribution in [0.1, 0.15) is 34.8 Å². The molecule has 3 nitrogen and oxygen atoms in total. The molecule has 0 aliphatic carbocycles. The largest absolute Gasteiger partial charge is 0.332 e. The Balaban J connectivity index is 1.86. The lowest BCUT2D eigenvalue weighted by Crippen LogP contribution is -2.30. The standard InChI is InChI=1S/C16H15ClN2O/c17-15-9-8-13(11-18-15)14-7-4-10-19(14)16(20)12-5-2-1-3-6-12/h1-3,5-6,8-9,11,14H,4,7,10H2. The Hall–Kier alpha value is -1.87. The van der Waals surface area contributed by atoms with E-state index in [1.165, 1.54) is 0 Å². The summed E-state index contributed by atoms with van der Waals surface area (Å²) >= 11 is 5.82. The van der Waals surface area contributed by atoms with Crippen molar-refractivity contribution < 1.29 is 4.79 Å². The van der Waals surface area contributed by atoms with Gasteiger partial charge in [0.2, 0.25) is 0 Å². The number of carbonyl (C=O) groups excluding carboxylic acids is 1. The van der Waals surface area contributed by atoms with Gasteiger partial charge in [0.15, 0.2) is 0 Å². The predicted octanol–water partition coefficient (Wildman–Crippen LogP) is 3.71. The third-order valence-electron chi connectivity index (χ3n) is 3.67. The summed E-state index contributed by atoms with van der Waals surface area (Å²) in [5, 5.41) is 0.479. The van der Waals surface area contributed by atoms with Crippen molar-refractivity contribution in [3.8, 4) is 0 Å². The van der Waals surface area contributed by atoms with Gasteiger partial charge in [0.1, 0.15) is 5.15 Å². The third kappa shape index (κ3) is 2.54. The average Bonchev–Trinajstić information content (AvgIpc) is 2.97. The molecule has 1 saturated heterocycles. The minimum absolute atomic E-state index is 0.0862. The third-order valence-corrected chi connectivity index (χ3v) is 3.89. The molecule has 2 heterocycles. The Morgan fingerprint density at radius 2 is 2.00 bits per heavy atom. The maximum absolute atomic E-state index is 12.6. The lowest BCUT2D eigenvalue weighted by Gasteiger charge is -2.25. The molecule has 4 heteroatoms. The summed E-state index contributed by atoms with van der Waals surface area (Å²) in [6, 6.07) is 13.3. The number of amides is 1. The molecule has 3 rings (SSSR count). The van der Waals surface area contributed by atoms with Crippen LogP contribution in [-0.4, -0.2) is 22.3 Å². The second kappa shape index (κ2) is 5.63. The number of carbonyl (C=O) groups is 1. The highest BCUT2D eigenvalue weighted by atomic mass is 35.5. The van der Waals surface area contributed by atoms with Crippen molar-refractivity contribution in [3.05, 3.63) is 64.9 Å². The van der Waals surface area contributed by atoms with Crippen LogP contribution in [0, 0.1) is 0 Å². The average molecular weight is 287 g/mol. The molecular weight excluding hydrogens is 272 g/mol. The molecule has 0 N–H and O–H groups in total. The smallest absolute Gasteiger partial charge is 0.254 e. The Morgan fingerprint density at radius 1 is 1.20 bits per heavy atom. The molecule has 1 aliphatic heterocycles. The first-order valence-corrected chi connectivity index (χ1v) is 7.11. The molecule has 1 atom stereocenters. The molecule has 20 heavy (non-hydrogen) atoms. The van der Waals surface area contributed by atoms with Crippen molar-refractivity contribution >= 4 is 17.5 Å². The van der Waals surface area contributed by atoms with Crippen LogP contribution in [0.3, 0.4) is 0 Å². The van der Waals surface area contributed by atoms with Gasteiger partial charge in [-0.1, -0.05) is 35.9 Å². The first-order chi connectivity index (χ1) is 9.75. The summed E-state index contributed by atoms with van der Waals surface area (Å²) < 4.78 is 0. The van der Waals surface area contributed by atoms with Gasteiger partial charge >= 0.3 is 0 Å². The summed E-state index contributed by atoms with van der Waals surface area (Å²) in [6.07, 6.45) is 3.76. The van der Waals surface area contributed by atoms with Gasteiger partial charge in [0, 0.05) is 18.3 Å². The Bertz CT molecular complexity index is 598. The quantitative estimate of drug-likeness (QED) is 0.789. The van der Waals surface area contributed by atoms with E-state index in [2.05, 4.69) is 4.98 Å². The summed E-state index contributed by atoms with van der Waals surface area (Å²) in [5.41, 5.74) is 1.79. The molecule has 1 unspecified atom stereocenters. The molecule has 1 aromatic heterocycles. The number of rotatable bonds is 2. The monoisotopic (exact) mass is 286 g/mol. The van der Waals surface area contributed by atoms with Crippen LogP contribution < -0.4 is 0 Å².